The van der Waals surface area contributed by atoms with E-state index in [2.05, 4.69) is 12.2 Å². The van der Waals surface area contributed by atoms with Crippen LogP contribution in [0.1, 0.15) is 53.4 Å². The van der Waals surface area contributed by atoms with E-state index in [0.29, 0.717) is 13.0 Å². The fraction of sp³-hybridized carbons (Fsp3) is 0.704. The van der Waals surface area contributed by atoms with Crippen molar-refractivity contribution in [2.75, 3.05) is 19.7 Å². The fourth-order valence-electron chi connectivity index (χ4n) is 6.15. The Kier molecular flexibility index (Phi) is 8.08. The van der Waals surface area contributed by atoms with Crippen LogP contribution in [0.25, 0.3) is 0 Å². The monoisotopic (exact) mass is 517 g/mol. The van der Waals surface area contributed by atoms with Crippen LogP contribution in [-0.4, -0.2) is 94.2 Å². The van der Waals surface area contributed by atoms with Crippen LogP contribution < -0.4 is 5.32 Å². The highest BCUT2D eigenvalue weighted by Gasteiger charge is 2.72. The van der Waals surface area contributed by atoms with Crippen LogP contribution in [0.4, 0.5) is 0 Å². The van der Waals surface area contributed by atoms with Crippen LogP contribution in [0.5, 0.6) is 0 Å². The number of ether oxygens (including phenoxy) is 2. The van der Waals surface area contributed by atoms with Gasteiger partial charge in [0.05, 0.1) is 31.2 Å². The molecule has 1 unspecified atom stereocenters. The standard InChI is InChI=1S/C27H39N3O7/c1-5-9-16(2)29-13-8-12-27-22(24(33)30(17(3)15-31)23(27)25(29)34)21-19(37-27)10-6-7-11-20(32)28-14-18(4)36-26(21)35/h6,8,10,12,16-19,21-23,31H,5,7,9,11,13-15H2,1-4H3,(H,28,32)/b10-6-/t16?,17-,18+,19+,21-,22-,23+,27-/m1/s1. The SMILES string of the molecule is CCCC(C)N1CC=C[C@@]23O[C@H]4/C=C\CCC(=O)NC[C@H](C)OC(=O)[C@H]4[C@@H]2C(=O)N([C@H](C)CO)[C@H]3C1=O. The van der Waals surface area contributed by atoms with E-state index < -0.39 is 53.6 Å². The van der Waals surface area contributed by atoms with Crippen molar-refractivity contribution in [1.82, 2.24) is 15.1 Å². The molecule has 4 rings (SSSR count). The zero-order valence-corrected chi connectivity index (χ0v) is 22.1. The van der Waals surface area contributed by atoms with Crippen LogP contribution in [0.2, 0.25) is 0 Å². The number of allylic oxidation sites excluding steroid dienone is 1. The Morgan fingerprint density at radius 2 is 1.92 bits per heavy atom. The number of cyclic esters (lactones) is 1. The first-order chi connectivity index (χ1) is 17.7. The summed E-state index contributed by atoms with van der Waals surface area (Å²) in [6, 6.07) is -1.72. The summed E-state index contributed by atoms with van der Waals surface area (Å²) >= 11 is 0. The quantitative estimate of drug-likeness (QED) is 0.411. The largest absolute Gasteiger partial charge is 0.460 e. The van der Waals surface area contributed by atoms with Gasteiger partial charge in [0.25, 0.3) is 0 Å². The van der Waals surface area contributed by atoms with Crippen LogP contribution in [0.3, 0.4) is 0 Å². The average molecular weight is 518 g/mol. The molecule has 0 aromatic heterocycles. The summed E-state index contributed by atoms with van der Waals surface area (Å²) in [6.45, 7) is 7.61. The summed E-state index contributed by atoms with van der Waals surface area (Å²) in [6.07, 6.45) is 8.13. The number of carbonyl (C=O) groups excluding carboxylic acids is 4. The maximum Gasteiger partial charge on any atom is 0.313 e. The molecule has 0 aromatic rings. The van der Waals surface area contributed by atoms with E-state index in [-0.39, 0.29) is 37.4 Å². The van der Waals surface area contributed by atoms with Gasteiger partial charge in [0.1, 0.15) is 23.7 Å². The lowest BCUT2D eigenvalue weighted by atomic mass is 9.78. The Hall–Kier alpha value is -2.72. The molecule has 4 heterocycles. The highest BCUT2D eigenvalue weighted by Crippen LogP contribution is 2.53. The highest BCUT2D eigenvalue weighted by atomic mass is 16.6. The van der Waals surface area contributed by atoms with Gasteiger partial charge in [-0.25, -0.2) is 0 Å². The third-order valence-corrected chi connectivity index (χ3v) is 7.98. The molecule has 10 heteroatoms. The maximum absolute atomic E-state index is 14.1. The maximum atomic E-state index is 14.1. The number of carbonyl (C=O) groups is 4. The lowest BCUT2D eigenvalue weighted by Gasteiger charge is -2.39. The molecular weight excluding hydrogens is 478 g/mol. The number of aliphatic hydroxyl groups excluding tert-OH is 1. The average Bonchev–Trinajstić information content (AvgIpc) is 3.25. The minimum absolute atomic E-state index is 0.0527. The molecule has 0 radical (unpaired) electrons. The first-order valence-corrected chi connectivity index (χ1v) is 13.4. The summed E-state index contributed by atoms with van der Waals surface area (Å²) < 4.78 is 12.3. The number of likely N-dealkylation sites (tertiary alicyclic amines) is 1. The lowest BCUT2D eigenvalue weighted by Crippen LogP contribution is -2.58. The fourth-order valence-corrected chi connectivity index (χ4v) is 6.15. The summed E-state index contributed by atoms with van der Waals surface area (Å²) in [7, 11) is 0. The van der Waals surface area contributed by atoms with E-state index in [1.54, 1.807) is 37.0 Å². The van der Waals surface area contributed by atoms with Crippen molar-refractivity contribution in [3.63, 3.8) is 0 Å². The number of nitrogens with zero attached hydrogens (tertiary/aromatic N) is 2. The Balaban J connectivity index is 1.80. The smallest absolute Gasteiger partial charge is 0.313 e. The summed E-state index contributed by atoms with van der Waals surface area (Å²) in [5, 5.41) is 12.8. The van der Waals surface area contributed by atoms with Crippen molar-refractivity contribution >= 4 is 23.7 Å². The molecule has 0 saturated carbocycles. The third-order valence-electron chi connectivity index (χ3n) is 7.98. The number of esters is 1. The predicted molar refractivity (Wildman–Crippen MR) is 134 cm³/mol. The number of rotatable bonds is 5. The molecule has 37 heavy (non-hydrogen) atoms. The van der Waals surface area contributed by atoms with Gasteiger partial charge in [-0.15, -0.1) is 0 Å². The third kappa shape index (κ3) is 4.81. The normalized spacial score (nSPS) is 36.8. The number of hydrogen-bond acceptors (Lipinski definition) is 7. The molecule has 2 N–H and O–H groups in total. The molecular formula is C27H39N3O7. The van der Waals surface area contributed by atoms with E-state index in [1.165, 1.54) is 4.90 Å². The molecule has 1 spiro atoms. The van der Waals surface area contributed by atoms with Gasteiger partial charge in [0, 0.05) is 19.0 Å². The summed E-state index contributed by atoms with van der Waals surface area (Å²) in [5.74, 6) is -3.36. The zero-order valence-electron chi connectivity index (χ0n) is 22.1. The predicted octanol–water partition coefficient (Wildman–Crippen LogP) is 0.933. The van der Waals surface area contributed by atoms with Crippen LogP contribution in [-0.2, 0) is 28.7 Å². The van der Waals surface area contributed by atoms with Gasteiger partial charge in [-0.3, -0.25) is 19.2 Å². The van der Waals surface area contributed by atoms with Gasteiger partial charge in [0.2, 0.25) is 17.7 Å². The highest BCUT2D eigenvalue weighted by molar-refractivity contribution is 5.99. The lowest BCUT2D eigenvalue weighted by molar-refractivity contribution is -0.159. The van der Waals surface area contributed by atoms with Crippen molar-refractivity contribution < 1.29 is 33.8 Å². The van der Waals surface area contributed by atoms with E-state index in [4.69, 9.17) is 9.47 Å². The van der Waals surface area contributed by atoms with E-state index in [9.17, 15) is 24.3 Å². The Morgan fingerprint density at radius 1 is 1.16 bits per heavy atom. The van der Waals surface area contributed by atoms with Crippen molar-refractivity contribution in [3.05, 3.63) is 24.3 Å². The van der Waals surface area contributed by atoms with E-state index in [0.717, 1.165) is 12.8 Å². The van der Waals surface area contributed by atoms with Crippen LogP contribution >= 0.6 is 0 Å². The van der Waals surface area contributed by atoms with Gasteiger partial charge >= 0.3 is 5.97 Å². The number of nitrogens with one attached hydrogen (secondary N) is 1. The summed E-state index contributed by atoms with van der Waals surface area (Å²) in [5.41, 5.74) is -1.38. The second-order valence-corrected chi connectivity index (χ2v) is 10.7. The van der Waals surface area contributed by atoms with Gasteiger partial charge in [-0.1, -0.05) is 37.6 Å². The van der Waals surface area contributed by atoms with E-state index >= 15 is 0 Å². The molecule has 4 aliphatic heterocycles. The topological polar surface area (TPSA) is 125 Å². The zero-order chi connectivity index (χ0) is 26.9. The molecule has 0 aliphatic carbocycles. The molecule has 2 saturated heterocycles. The number of hydrogen-bond donors (Lipinski definition) is 2. The Bertz CT molecular complexity index is 981. The number of fused-ring (bicyclic) bond motifs is 2. The van der Waals surface area contributed by atoms with Crippen molar-refractivity contribution in [2.24, 2.45) is 11.8 Å². The van der Waals surface area contributed by atoms with Crippen molar-refractivity contribution in [2.45, 2.75) is 89.3 Å². The minimum Gasteiger partial charge on any atom is -0.460 e. The van der Waals surface area contributed by atoms with Gasteiger partial charge in [-0.2, -0.15) is 0 Å². The minimum atomic E-state index is -1.38. The molecule has 10 nitrogen and oxygen atoms in total. The van der Waals surface area contributed by atoms with Gasteiger partial charge in [-0.05, 0) is 33.6 Å². The molecule has 204 valence electrons. The second kappa shape index (κ2) is 10.9. The van der Waals surface area contributed by atoms with Crippen LogP contribution in [0.15, 0.2) is 24.3 Å². The second-order valence-electron chi connectivity index (χ2n) is 10.7. The molecule has 8 atom stereocenters. The summed E-state index contributed by atoms with van der Waals surface area (Å²) in [4.78, 5) is 56.9. The molecule has 4 aliphatic rings. The van der Waals surface area contributed by atoms with Crippen LogP contribution in [0, 0.1) is 11.8 Å². The van der Waals surface area contributed by atoms with Crippen molar-refractivity contribution in [1.29, 1.82) is 0 Å². The van der Waals surface area contributed by atoms with Gasteiger partial charge in [0.15, 0.2) is 0 Å². The van der Waals surface area contributed by atoms with Gasteiger partial charge < -0.3 is 29.7 Å². The first kappa shape index (κ1) is 27.3. The number of amides is 3. The Morgan fingerprint density at radius 3 is 2.62 bits per heavy atom. The van der Waals surface area contributed by atoms with E-state index in [1.807, 2.05) is 13.0 Å². The molecule has 3 amide bonds. The molecule has 0 bridgehead atoms. The molecule has 2 fully saturated rings. The Labute approximate surface area is 218 Å². The first-order valence-electron chi connectivity index (χ1n) is 13.4. The number of aliphatic hydroxyl groups is 1. The van der Waals surface area contributed by atoms with Crippen molar-refractivity contribution in [3.8, 4) is 0 Å². The molecule has 0 aromatic carbocycles.